The van der Waals surface area contributed by atoms with Crippen LogP contribution in [0.15, 0.2) is 30.5 Å². The highest BCUT2D eigenvalue weighted by Gasteiger charge is 2.27. The summed E-state index contributed by atoms with van der Waals surface area (Å²) in [6.45, 7) is 8.56. The Balaban J connectivity index is 1.54. The van der Waals surface area contributed by atoms with Crippen LogP contribution < -0.4 is 5.32 Å². The molecule has 2 aliphatic rings. The molecule has 2 aliphatic heterocycles. The fourth-order valence-electron chi connectivity index (χ4n) is 4.95. The number of imide groups is 1. The number of hydrogen-bond donors (Lipinski definition) is 1. The van der Waals surface area contributed by atoms with E-state index in [1.165, 1.54) is 16.0 Å². The zero-order valence-corrected chi connectivity index (χ0v) is 21.1. The van der Waals surface area contributed by atoms with Gasteiger partial charge in [0, 0.05) is 66.7 Å². The van der Waals surface area contributed by atoms with Crippen molar-refractivity contribution in [2.45, 2.75) is 52.2 Å². The molecule has 0 spiro atoms. The van der Waals surface area contributed by atoms with Crippen molar-refractivity contribution >= 4 is 45.0 Å². The monoisotopic (exact) mass is 496 g/mol. The third kappa shape index (κ3) is 4.62. The molecular formula is C26H29ClN4O2S. The first kappa shape index (κ1) is 23.4. The lowest BCUT2D eigenvalue weighted by molar-refractivity contribution is -0.148. The van der Waals surface area contributed by atoms with E-state index in [-0.39, 0.29) is 11.8 Å². The molecule has 3 aromatic rings. The van der Waals surface area contributed by atoms with E-state index in [1.54, 1.807) is 11.3 Å². The van der Waals surface area contributed by atoms with Crippen LogP contribution in [0.2, 0.25) is 5.02 Å². The van der Waals surface area contributed by atoms with Crippen molar-refractivity contribution in [3.05, 3.63) is 51.5 Å². The summed E-state index contributed by atoms with van der Waals surface area (Å²) in [7, 11) is 0. The molecule has 1 unspecified atom stereocenters. The Morgan fingerprint density at radius 3 is 2.71 bits per heavy atom. The van der Waals surface area contributed by atoms with Gasteiger partial charge in [-0.1, -0.05) is 11.6 Å². The summed E-state index contributed by atoms with van der Waals surface area (Å²) in [6.07, 6.45) is 3.36. The van der Waals surface area contributed by atoms with Crippen LogP contribution in [-0.4, -0.2) is 52.3 Å². The fraction of sp³-hybridized carbons (Fsp3) is 0.423. The number of nitrogens with zero attached hydrogens (tertiary/aromatic N) is 3. The highest BCUT2D eigenvalue weighted by Crippen LogP contribution is 2.39. The highest BCUT2D eigenvalue weighted by atomic mass is 35.5. The molecule has 8 heteroatoms. The number of amides is 2. The van der Waals surface area contributed by atoms with E-state index in [1.807, 2.05) is 18.3 Å². The maximum atomic E-state index is 12.3. The summed E-state index contributed by atoms with van der Waals surface area (Å²) in [4.78, 5) is 34.1. The van der Waals surface area contributed by atoms with Crippen LogP contribution in [0, 0.1) is 6.92 Å². The molecule has 0 aliphatic carbocycles. The van der Waals surface area contributed by atoms with Crippen LogP contribution in [0.3, 0.4) is 0 Å². The smallest absolute Gasteiger partial charge is 0.229 e. The quantitative estimate of drug-likeness (QED) is 0.516. The van der Waals surface area contributed by atoms with E-state index >= 15 is 0 Å². The van der Waals surface area contributed by atoms with Crippen molar-refractivity contribution in [2.24, 2.45) is 0 Å². The van der Waals surface area contributed by atoms with E-state index < -0.39 is 0 Å². The van der Waals surface area contributed by atoms with Crippen LogP contribution in [0.1, 0.15) is 42.2 Å². The number of aromatic nitrogens is 1. The van der Waals surface area contributed by atoms with E-state index in [0.29, 0.717) is 31.8 Å². The first-order chi connectivity index (χ1) is 16.4. The van der Waals surface area contributed by atoms with Gasteiger partial charge in [0.15, 0.2) is 0 Å². The zero-order chi connectivity index (χ0) is 23.8. The van der Waals surface area contributed by atoms with Crippen molar-refractivity contribution in [3.8, 4) is 11.1 Å². The minimum atomic E-state index is -0.0835. The second-order valence-corrected chi connectivity index (χ2v) is 10.9. The topological polar surface area (TPSA) is 65.5 Å². The van der Waals surface area contributed by atoms with Crippen LogP contribution in [0.4, 0.5) is 0 Å². The molecule has 0 saturated carbocycles. The van der Waals surface area contributed by atoms with Crippen LogP contribution in [0.25, 0.3) is 21.3 Å². The number of carbonyl (C=O) groups is 2. The van der Waals surface area contributed by atoms with E-state index in [0.717, 1.165) is 57.4 Å². The first-order valence-corrected chi connectivity index (χ1v) is 13.0. The van der Waals surface area contributed by atoms with Gasteiger partial charge in [-0.15, -0.1) is 11.3 Å². The Morgan fingerprint density at radius 2 is 1.94 bits per heavy atom. The normalized spacial score (nSPS) is 19.9. The molecule has 1 aromatic carbocycles. The zero-order valence-electron chi connectivity index (χ0n) is 19.6. The molecule has 4 heterocycles. The van der Waals surface area contributed by atoms with Gasteiger partial charge in [0.1, 0.15) is 0 Å². The standard InChI is InChI=1S/C26H29ClN4O2S/c1-16-10-18(27)11-21(22(16)15-30-9-8-28-13-17(30)2)20-6-7-29-23-12-19(34-26(20)23)14-31-24(32)4-3-5-25(31)33/h6-7,10-12,17,28H,3-5,8-9,13-15H2,1-2H3. The number of halogens is 1. The maximum absolute atomic E-state index is 12.3. The number of hydrogen-bond acceptors (Lipinski definition) is 6. The number of aryl methyl sites for hydroxylation is 1. The predicted molar refractivity (Wildman–Crippen MR) is 137 cm³/mol. The summed E-state index contributed by atoms with van der Waals surface area (Å²) >= 11 is 8.15. The fourth-order valence-corrected chi connectivity index (χ4v) is 6.36. The summed E-state index contributed by atoms with van der Waals surface area (Å²) in [5.41, 5.74) is 5.57. The van der Waals surface area contributed by atoms with Crippen molar-refractivity contribution in [1.29, 1.82) is 0 Å². The number of rotatable bonds is 5. The number of nitrogens with one attached hydrogen (secondary N) is 1. The Bertz CT molecular complexity index is 1240. The van der Waals surface area contributed by atoms with Crippen molar-refractivity contribution in [1.82, 2.24) is 20.1 Å². The minimum Gasteiger partial charge on any atom is -0.314 e. The lowest BCUT2D eigenvalue weighted by Gasteiger charge is -2.35. The average Bonchev–Trinajstić information content (AvgIpc) is 3.22. The summed E-state index contributed by atoms with van der Waals surface area (Å²) in [6, 6.07) is 8.62. The Labute approximate surface area is 208 Å². The number of fused-ring (bicyclic) bond motifs is 1. The summed E-state index contributed by atoms with van der Waals surface area (Å²) in [5, 5.41) is 4.18. The number of piperidine rings is 1. The number of thiophene rings is 1. The van der Waals surface area contributed by atoms with Crippen LogP contribution >= 0.6 is 22.9 Å². The molecule has 178 valence electrons. The number of piperazine rings is 1. The lowest BCUT2D eigenvalue weighted by atomic mass is 9.95. The predicted octanol–water partition coefficient (Wildman–Crippen LogP) is 4.76. The molecule has 0 bridgehead atoms. The van der Waals surface area contributed by atoms with Gasteiger partial charge in [-0.3, -0.25) is 24.4 Å². The Hall–Kier alpha value is -2.32. The van der Waals surface area contributed by atoms with E-state index in [2.05, 4.69) is 41.2 Å². The molecule has 1 atom stereocenters. The van der Waals surface area contributed by atoms with Gasteiger partial charge >= 0.3 is 0 Å². The number of carbonyl (C=O) groups excluding carboxylic acids is 2. The summed E-state index contributed by atoms with van der Waals surface area (Å²) < 4.78 is 1.06. The molecule has 2 amide bonds. The van der Waals surface area contributed by atoms with Gasteiger partial charge < -0.3 is 5.32 Å². The molecule has 5 rings (SSSR count). The van der Waals surface area contributed by atoms with Crippen LogP contribution in [-0.2, 0) is 22.7 Å². The first-order valence-electron chi connectivity index (χ1n) is 11.9. The SMILES string of the molecule is Cc1cc(Cl)cc(-c2ccnc3cc(CN4C(=O)CCCC4=O)sc23)c1CN1CCNCC1C. The van der Waals surface area contributed by atoms with Gasteiger partial charge in [0.05, 0.1) is 16.8 Å². The molecule has 2 fully saturated rings. The average molecular weight is 497 g/mol. The van der Waals surface area contributed by atoms with Gasteiger partial charge in [-0.25, -0.2) is 0 Å². The molecular weight excluding hydrogens is 468 g/mol. The number of pyridine rings is 1. The highest BCUT2D eigenvalue weighted by molar-refractivity contribution is 7.19. The second kappa shape index (κ2) is 9.74. The largest absolute Gasteiger partial charge is 0.314 e. The molecule has 0 radical (unpaired) electrons. The van der Waals surface area contributed by atoms with Gasteiger partial charge in [0.2, 0.25) is 11.8 Å². The molecule has 1 N–H and O–H groups in total. The minimum absolute atomic E-state index is 0.0835. The Kier molecular flexibility index (Phi) is 6.71. The Morgan fingerprint density at radius 1 is 1.15 bits per heavy atom. The second-order valence-electron chi connectivity index (χ2n) is 9.29. The molecule has 2 saturated heterocycles. The molecule has 2 aromatic heterocycles. The van der Waals surface area contributed by atoms with Crippen molar-refractivity contribution in [3.63, 3.8) is 0 Å². The van der Waals surface area contributed by atoms with Gasteiger partial charge in [-0.05, 0) is 61.2 Å². The van der Waals surface area contributed by atoms with Crippen molar-refractivity contribution < 1.29 is 9.59 Å². The van der Waals surface area contributed by atoms with Crippen molar-refractivity contribution in [2.75, 3.05) is 19.6 Å². The molecule has 34 heavy (non-hydrogen) atoms. The van der Waals surface area contributed by atoms with Gasteiger partial charge in [-0.2, -0.15) is 0 Å². The van der Waals surface area contributed by atoms with E-state index in [9.17, 15) is 9.59 Å². The third-order valence-electron chi connectivity index (χ3n) is 6.89. The maximum Gasteiger partial charge on any atom is 0.229 e. The molecule has 6 nitrogen and oxygen atoms in total. The van der Waals surface area contributed by atoms with Crippen LogP contribution in [0.5, 0.6) is 0 Å². The number of benzene rings is 1. The summed E-state index contributed by atoms with van der Waals surface area (Å²) in [5.74, 6) is -0.167. The van der Waals surface area contributed by atoms with E-state index in [4.69, 9.17) is 11.6 Å². The lowest BCUT2D eigenvalue weighted by Crippen LogP contribution is -2.49. The number of likely N-dealkylation sites (tertiary alicyclic amines) is 1. The third-order valence-corrected chi connectivity index (χ3v) is 8.25. The van der Waals surface area contributed by atoms with Gasteiger partial charge in [0.25, 0.3) is 0 Å².